The van der Waals surface area contributed by atoms with Crippen molar-refractivity contribution in [3.05, 3.63) is 12.1 Å². The van der Waals surface area contributed by atoms with Crippen molar-refractivity contribution in [1.82, 2.24) is 10.3 Å². The molecule has 3 N–H and O–H groups in total. The van der Waals surface area contributed by atoms with Gasteiger partial charge < -0.3 is 20.7 Å². The van der Waals surface area contributed by atoms with Gasteiger partial charge in [-0.05, 0) is 39.3 Å². The maximum absolute atomic E-state index is 11.9. The first kappa shape index (κ1) is 17.1. The lowest BCUT2D eigenvalue weighted by molar-refractivity contribution is -0.120. The molecule has 21 heavy (non-hydrogen) atoms. The summed E-state index contributed by atoms with van der Waals surface area (Å²) in [6, 6.07) is 3.69. The molecule has 1 amide bonds. The standard InChI is InChI=1S/C15H26N4O2/c1-5-9-21-15-12(16)7-8-13(18-15)19(6-2)10-14(20)17-11(3)4/h7-8,11H,5-6,9-10,16H2,1-4H3,(H,17,20). The van der Waals surface area contributed by atoms with Crippen molar-refractivity contribution in [1.29, 1.82) is 0 Å². The van der Waals surface area contributed by atoms with E-state index < -0.39 is 0 Å². The molecule has 0 aliphatic carbocycles. The molecular formula is C15H26N4O2. The number of likely N-dealkylation sites (N-methyl/N-ethyl adjacent to an activating group) is 1. The van der Waals surface area contributed by atoms with E-state index in [1.807, 2.05) is 32.6 Å². The second kappa shape index (κ2) is 8.34. The minimum Gasteiger partial charge on any atom is -0.476 e. The van der Waals surface area contributed by atoms with E-state index in [2.05, 4.69) is 10.3 Å². The van der Waals surface area contributed by atoms with E-state index >= 15 is 0 Å². The van der Waals surface area contributed by atoms with Crippen LogP contribution in [-0.2, 0) is 4.79 Å². The molecule has 6 heteroatoms. The molecule has 1 heterocycles. The summed E-state index contributed by atoms with van der Waals surface area (Å²) in [4.78, 5) is 18.2. The number of aromatic nitrogens is 1. The maximum atomic E-state index is 11.9. The third-order valence-corrected chi connectivity index (χ3v) is 2.81. The van der Waals surface area contributed by atoms with Gasteiger partial charge in [0.15, 0.2) is 0 Å². The third kappa shape index (κ3) is 5.49. The lowest BCUT2D eigenvalue weighted by atomic mass is 10.3. The average Bonchev–Trinajstić information content (AvgIpc) is 2.43. The van der Waals surface area contributed by atoms with Crippen LogP contribution in [0, 0.1) is 0 Å². The number of pyridine rings is 1. The number of hydrogen-bond donors (Lipinski definition) is 2. The van der Waals surface area contributed by atoms with Gasteiger partial charge in [-0.25, -0.2) is 0 Å². The summed E-state index contributed by atoms with van der Waals surface area (Å²) in [6.07, 6.45) is 0.889. The average molecular weight is 294 g/mol. The zero-order chi connectivity index (χ0) is 15.8. The van der Waals surface area contributed by atoms with Gasteiger partial charge in [-0.1, -0.05) is 6.92 Å². The predicted octanol–water partition coefficient (Wildman–Crippen LogP) is 1.80. The highest BCUT2D eigenvalue weighted by Crippen LogP contribution is 2.23. The van der Waals surface area contributed by atoms with Gasteiger partial charge in [-0.3, -0.25) is 4.79 Å². The van der Waals surface area contributed by atoms with E-state index in [1.54, 1.807) is 12.1 Å². The Morgan fingerprint density at radius 1 is 1.43 bits per heavy atom. The summed E-state index contributed by atoms with van der Waals surface area (Å²) in [6.45, 7) is 9.38. The molecule has 0 saturated heterocycles. The summed E-state index contributed by atoms with van der Waals surface area (Å²) in [7, 11) is 0. The van der Waals surface area contributed by atoms with Crippen molar-refractivity contribution in [2.45, 2.75) is 40.2 Å². The Morgan fingerprint density at radius 3 is 2.71 bits per heavy atom. The summed E-state index contributed by atoms with van der Waals surface area (Å²) in [5.74, 6) is 1.09. The van der Waals surface area contributed by atoms with Crippen LogP contribution in [0.2, 0.25) is 0 Å². The van der Waals surface area contributed by atoms with Gasteiger partial charge in [-0.2, -0.15) is 4.98 Å². The monoisotopic (exact) mass is 294 g/mol. The quantitative estimate of drug-likeness (QED) is 0.764. The summed E-state index contributed by atoms with van der Waals surface area (Å²) < 4.78 is 5.53. The molecule has 0 saturated carbocycles. The second-order valence-electron chi connectivity index (χ2n) is 5.15. The number of nitrogen functional groups attached to an aromatic ring is 1. The van der Waals surface area contributed by atoms with Crippen LogP contribution < -0.4 is 20.7 Å². The SMILES string of the molecule is CCCOc1nc(N(CC)CC(=O)NC(C)C)ccc1N. The number of amides is 1. The molecule has 6 nitrogen and oxygen atoms in total. The third-order valence-electron chi connectivity index (χ3n) is 2.81. The first-order valence-electron chi connectivity index (χ1n) is 7.41. The zero-order valence-electron chi connectivity index (χ0n) is 13.3. The molecule has 0 fully saturated rings. The number of carbonyl (C=O) groups excluding carboxylic acids is 1. The fourth-order valence-electron chi connectivity index (χ4n) is 1.83. The van der Waals surface area contributed by atoms with E-state index in [4.69, 9.17) is 10.5 Å². The van der Waals surface area contributed by atoms with Gasteiger partial charge in [0, 0.05) is 12.6 Å². The summed E-state index contributed by atoms with van der Waals surface area (Å²) in [5, 5.41) is 2.87. The van der Waals surface area contributed by atoms with Gasteiger partial charge in [-0.15, -0.1) is 0 Å². The van der Waals surface area contributed by atoms with Gasteiger partial charge >= 0.3 is 0 Å². The molecule has 0 spiro atoms. The number of carbonyl (C=O) groups is 1. The topological polar surface area (TPSA) is 80.5 Å². The number of nitrogens with two attached hydrogens (primary N) is 1. The van der Waals surface area contributed by atoms with Crippen LogP contribution in [0.4, 0.5) is 11.5 Å². The van der Waals surface area contributed by atoms with Crippen LogP contribution in [0.5, 0.6) is 5.88 Å². The smallest absolute Gasteiger partial charge is 0.239 e. The minimum absolute atomic E-state index is 0.0264. The van der Waals surface area contributed by atoms with Crippen LogP contribution in [0.3, 0.4) is 0 Å². The van der Waals surface area contributed by atoms with Crippen molar-refractivity contribution in [3.8, 4) is 5.88 Å². The number of hydrogen-bond acceptors (Lipinski definition) is 5. The van der Waals surface area contributed by atoms with E-state index in [0.717, 1.165) is 6.42 Å². The predicted molar refractivity (Wildman–Crippen MR) is 85.6 cm³/mol. The first-order chi connectivity index (χ1) is 9.97. The Bertz CT molecular complexity index is 463. The number of ether oxygens (including phenoxy) is 1. The van der Waals surface area contributed by atoms with Crippen molar-refractivity contribution in [2.75, 3.05) is 30.3 Å². The zero-order valence-corrected chi connectivity index (χ0v) is 13.3. The van der Waals surface area contributed by atoms with Crippen LogP contribution >= 0.6 is 0 Å². The molecule has 0 bridgehead atoms. The normalized spacial score (nSPS) is 10.5. The van der Waals surface area contributed by atoms with E-state index in [1.165, 1.54) is 0 Å². The van der Waals surface area contributed by atoms with Crippen molar-refractivity contribution in [2.24, 2.45) is 0 Å². The highest BCUT2D eigenvalue weighted by molar-refractivity contribution is 5.81. The maximum Gasteiger partial charge on any atom is 0.239 e. The first-order valence-corrected chi connectivity index (χ1v) is 7.41. The molecular weight excluding hydrogens is 268 g/mol. The fraction of sp³-hybridized carbons (Fsp3) is 0.600. The van der Waals surface area contributed by atoms with Crippen molar-refractivity contribution in [3.63, 3.8) is 0 Å². The fourth-order valence-corrected chi connectivity index (χ4v) is 1.83. The Labute approximate surface area is 126 Å². The van der Waals surface area contributed by atoms with Gasteiger partial charge in [0.1, 0.15) is 5.82 Å². The number of nitrogens with one attached hydrogen (secondary N) is 1. The molecule has 0 aromatic carbocycles. The molecule has 118 valence electrons. The van der Waals surface area contributed by atoms with E-state index in [-0.39, 0.29) is 18.5 Å². The molecule has 0 radical (unpaired) electrons. The lowest BCUT2D eigenvalue weighted by Gasteiger charge is -2.22. The van der Waals surface area contributed by atoms with Crippen LogP contribution in [0.25, 0.3) is 0 Å². The van der Waals surface area contributed by atoms with Crippen molar-refractivity contribution >= 4 is 17.4 Å². The molecule has 0 atom stereocenters. The number of anilines is 2. The summed E-state index contributed by atoms with van der Waals surface area (Å²) >= 11 is 0. The van der Waals surface area contributed by atoms with Gasteiger partial charge in [0.25, 0.3) is 0 Å². The van der Waals surface area contributed by atoms with Crippen LogP contribution in [-0.4, -0.2) is 36.6 Å². The molecule has 1 aromatic heterocycles. The van der Waals surface area contributed by atoms with E-state index in [9.17, 15) is 4.79 Å². The largest absolute Gasteiger partial charge is 0.476 e. The number of nitrogens with zero attached hydrogens (tertiary/aromatic N) is 2. The summed E-state index contributed by atoms with van der Waals surface area (Å²) in [5.41, 5.74) is 6.36. The highest BCUT2D eigenvalue weighted by atomic mass is 16.5. The Balaban J connectivity index is 2.82. The number of rotatable bonds is 8. The van der Waals surface area contributed by atoms with Gasteiger partial charge in [0.2, 0.25) is 11.8 Å². The Kier molecular flexibility index (Phi) is 6.78. The minimum atomic E-state index is -0.0264. The van der Waals surface area contributed by atoms with E-state index in [0.29, 0.717) is 30.5 Å². The lowest BCUT2D eigenvalue weighted by Crippen LogP contribution is -2.40. The molecule has 0 unspecified atom stereocenters. The molecule has 0 aliphatic heterocycles. The van der Waals surface area contributed by atoms with Crippen molar-refractivity contribution < 1.29 is 9.53 Å². The van der Waals surface area contributed by atoms with Gasteiger partial charge in [0.05, 0.1) is 18.8 Å². The Morgan fingerprint density at radius 2 is 2.14 bits per heavy atom. The van der Waals surface area contributed by atoms with Crippen LogP contribution in [0.1, 0.15) is 34.1 Å². The second-order valence-corrected chi connectivity index (χ2v) is 5.15. The molecule has 1 rings (SSSR count). The van der Waals surface area contributed by atoms with Crippen LogP contribution in [0.15, 0.2) is 12.1 Å². The Hall–Kier alpha value is -1.98. The highest BCUT2D eigenvalue weighted by Gasteiger charge is 2.14. The molecule has 1 aromatic rings. The molecule has 0 aliphatic rings.